The zero-order valence-electron chi connectivity index (χ0n) is 20.6. The van der Waals surface area contributed by atoms with E-state index in [2.05, 4.69) is 10.6 Å². The van der Waals surface area contributed by atoms with Crippen LogP contribution in [0.1, 0.15) is 23.6 Å². The van der Waals surface area contributed by atoms with E-state index in [1.54, 1.807) is 24.3 Å². The number of hydrogen-bond donors (Lipinski definition) is 2. The number of imide groups is 1. The zero-order valence-corrected chi connectivity index (χ0v) is 21.4. The Kier molecular flexibility index (Phi) is 6.85. The summed E-state index contributed by atoms with van der Waals surface area (Å²) in [6, 6.07) is 21.5. The third-order valence-corrected chi connectivity index (χ3v) is 7.33. The van der Waals surface area contributed by atoms with Gasteiger partial charge < -0.3 is 10.6 Å². The van der Waals surface area contributed by atoms with E-state index in [9.17, 15) is 18.0 Å². The minimum absolute atomic E-state index is 0.375. The average molecular weight is 505 g/mol. The Morgan fingerprint density at radius 2 is 1.67 bits per heavy atom. The van der Waals surface area contributed by atoms with Crippen molar-refractivity contribution in [2.75, 3.05) is 34.9 Å². The summed E-state index contributed by atoms with van der Waals surface area (Å²) < 4.78 is 25.0. The highest BCUT2D eigenvalue weighted by molar-refractivity contribution is 7.92. The Morgan fingerprint density at radius 3 is 2.25 bits per heavy atom. The lowest BCUT2D eigenvalue weighted by Gasteiger charge is -2.18. The van der Waals surface area contributed by atoms with Crippen LogP contribution < -0.4 is 19.8 Å². The molecule has 36 heavy (non-hydrogen) atoms. The number of rotatable bonds is 6. The molecule has 1 aliphatic heterocycles. The number of carbonyl (C=O) groups is 2. The molecular formula is C27H28N4O4S. The number of urea groups is 1. The second-order valence-electron chi connectivity index (χ2n) is 8.42. The fraction of sp³-hybridized carbons (Fsp3) is 0.185. The van der Waals surface area contributed by atoms with Gasteiger partial charge in [-0.1, -0.05) is 49.4 Å². The normalized spacial score (nSPS) is 14.3. The first-order chi connectivity index (χ1) is 17.2. The van der Waals surface area contributed by atoms with Crippen molar-refractivity contribution >= 4 is 50.3 Å². The molecule has 0 aliphatic carbocycles. The predicted molar refractivity (Wildman–Crippen MR) is 144 cm³/mol. The minimum atomic E-state index is -3.40. The Balaban J connectivity index is 1.87. The minimum Gasteiger partial charge on any atom is -0.354 e. The predicted octanol–water partition coefficient (Wildman–Crippen LogP) is 4.31. The summed E-state index contributed by atoms with van der Waals surface area (Å²) in [5, 5.41) is 5.91. The molecule has 1 aliphatic rings. The third kappa shape index (κ3) is 4.70. The molecule has 0 spiro atoms. The van der Waals surface area contributed by atoms with E-state index in [1.165, 1.54) is 23.3 Å². The number of anilines is 3. The maximum atomic E-state index is 13.7. The van der Waals surface area contributed by atoms with E-state index < -0.39 is 22.0 Å². The number of aryl methyl sites for hydroxylation is 1. The second-order valence-corrected chi connectivity index (χ2v) is 10.4. The Labute approximate surface area is 211 Å². The van der Waals surface area contributed by atoms with Crippen LogP contribution >= 0.6 is 0 Å². The Hall–Kier alpha value is -4.11. The lowest BCUT2D eigenvalue weighted by Crippen LogP contribution is -2.40. The summed E-state index contributed by atoms with van der Waals surface area (Å²) in [4.78, 5) is 27.6. The summed E-state index contributed by atoms with van der Waals surface area (Å²) in [5.74, 6) is -0.433. The second kappa shape index (κ2) is 9.87. The number of amides is 3. The van der Waals surface area contributed by atoms with Gasteiger partial charge in [0.15, 0.2) is 0 Å². The summed E-state index contributed by atoms with van der Waals surface area (Å²) in [5.41, 5.74) is 5.05. The molecule has 3 aromatic rings. The smallest absolute Gasteiger partial charge is 0.328 e. The van der Waals surface area contributed by atoms with Crippen LogP contribution in [-0.4, -0.2) is 40.7 Å². The van der Waals surface area contributed by atoms with Crippen LogP contribution in [0.15, 0.2) is 72.8 Å². The summed E-state index contributed by atoms with van der Waals surface area (Å²) in [6.07, 6.45) is 1.91. The van der Waals surface area contributed by atoms with Gasteiger partial charge in [0.1, 0.15) is 0 Å². The Morgan fingerprint density at radius 1 is 1.00 bits per heavy atom. The van der Waals surface area contributed by atoms with Crippen molar-refractivity contribution in [3.05, 3.63) is 89.5 Å². The molecule has 8 nitrogen and oxygen atoms in total. The third-order valence-electron chi connectivity index (χ3n) is 6.12. The number of fused-ring (bicyclic) bond motifs is 1. The van der Waals surface area contributed by atoms with Crippen LogP contribution in [0.3, 0.4) is 0 Å². The first-order valence-electron chi connectivity index (χ1n) is 11.5. The van der Waals surface area contributed by atoms with Crippen molar-refractivity contribution in [2.24, 2.45) is 0 Å². The molecule has 3 aromatic carbocycles. The lowest BCUT2D eigenvalue weighted by molar-refractivity contribution is -0.112. The number of nitrogens with one attached hydrogen (secondary N) is 2. The number of benzene rings is 3. The molecule has 1 heterocycles. The number of sulfonamides is 1. The van der Waals surface area contributed by atoms with Crippen molar-refractivity contribution in [1.82, 2.24) is 5.32 Å². The SMILES string of the molecule is CCc1ccc2c(c1)N(C(=O)NC)C(=O)C2=C(Nc1ccc(N(C)S(C)(=O)=O)cc1)c1ccccc1. The monoisotopic (exact) mass is 504 g/mol. The number of nitrogens with zero attached hydrogens (tertiary/aromatic N) is 2. The van der Waals surface area contributed by atoms with E-state index >= 15 is 0 Å². The molecule has 0 unspecified atom stereocenters. The summed E-state index contributed by atoms with van der Waals surface area (Å²) in [7, 11) is -0.416. The number of hydrogen-bond acceptors (Lipinski definition) is 5. The van der Waals surface area contributed by atoms with Gasteiger partial charge in [-0.2, -0.15) is 0 Å². The van der Waals surface area contributed by atoms with Crippen molar-refractivity contribution in [2.45, 2.75) is 13.3 Å². The van der Waals surface area contributed by atoms with Crippen LogP contribution in [-0.2, 0) is 21.2 Å². The summed E-state index contributed by atoms with van der Waals surface area (Å²) >= 11 is 0. The van der Waals surface area contributed by atoms with Gasteiger partial charge in [-0.05, 0) is 47.9 Å². The van der Waals surface area contributed by atoms with Gasteiger partial charge >= 0.3 is 6.03 Å². The first-order valence-corrected chi connectivity index (χ1v) is 13.3. The highest BCUT2D eigenvalue weighted by atomic mass is 32.2. The van der Waals surface area contributed by atoms with E-state index in [4.69, 9.17) is 0 Å². The van der Waals surface area contributed by atoms with Gasteiger partial charge in [0, 0.05) is 25.3 Å². The van der Waals surface area contributed by atoms with Crippen LogP contribution in [0, 0.1) is 0 Å². The van der Waals surface area contributed by atoms with Gasteiger partial charge in [-0.15, -0.1) is 0 Å². The molecule has 0 saturated heterocycles. The van der Waals surface area contributed by atoms with Crippen LogP contribution in [0.5, 0.6) is 0 Å². The molecular weight excluding hydrogens is 476 g/mol. The van der Waals surface area contributed by atoms with E-state index in [-0.39, 0.29) is 0 Å². The molecule has 4 rings (SSSR count). The van der Waals surface area contributed by atoms with Crippen molar-refractivity contribution in [3.63, 3.8) is 0 Å². The average Bonchev–Trinajstić information content (AvgIpc) is 3.17. The van der Waals surface area contributed by atoms with Crippen molar-refractivity contribution in [3.8, 4) is 0 Å². The highest BCUT2D eigenvalue weighted by Crippen LogP contribution is 2.42. The van der Waals surface area contributed by atoms with E-state index in [1.807, 2.05) is 55.5 Å². The van der Waals surface area contributed by atoms with Gasteiger partial charge in [0.2, 0.25) is 10.0 Å². The van der Waals surface area contributed by atoms with Gasteiger partial charge in [-0.25, -0.2) is 18.1 Å². The molecule has 0 fully saturated rings. The van der Waals surface area contributed by atoms with Crippen molar-refractivity contribution in [1.29, 1.82) is 0 Å². The van der Waals surface area contributed by atoms with E-state index in [0.717, 1.165) is 23.8 Å². The quantitative estimate of drug-likeness (QED) is 0.488. The van der Waals surface area contributed by atoms with Crippen LogP contribution in [0.25, 0.3) is 11.3 Å². The maximum absolute atomic E-state index is 13.7. The van der Waals surface area contributed by atoms with Gasteiger partial charge in [-0.3, -0.25) is 9.10 Å². The van der Waals surface area contributed by atoms with Gasteiger partial charge in [0.25, 0.3) is 5.91 Å². The molecule has 0 bridgehead atoms. The van der Waals surface area contributed by atoms with Crippen LogP contribution in [0.2, 0.25) is 0 Å². The largest absolute Gasteiger partial charge is 0.354 e. The molecule has 3 amide bonds. The fourth-order valence-corrected chi connectivity index (χ4v) is 4.56. The topological polar surface area (TPSA) is 98.8 Å². The molecule has 0 saturated carbocycles. The molecule has 2 N–H and O–H groups in total. The standard InChI is InChI=1S/C27H28N4O4S/c1-5-18-11-16-22-23(17-18)31(27(33)28-2)26(32)24(22)25(19-9-7-6-8-10-19)29-20-12-14-21(15-13-20)30(3)36(4,34)35/h6-17,29H,5H2,1-4H3,(H,28,33). The summed E-state index contributed by atoms with van der Waals surface area (Å²) in [6.45, 7) is 2.02. The lowest BCUT2D eigenvalue weighted by atomic mass is 9.98. The molecule has 0 aromatic heterocycles. The van der Waals surface area contributed by atoms with E-state index in [0.29, 0.717) is 33.9 Å². The first kappa shape index (κ1) is 25.0. The molecule has 186 valence electrons. The molecule has 9 heteroatoms. The van der Waals surface area contributed by atoms with Crippen molar-refractivity contribution < 1.29 is 18.0 Å². The fourth-order valence-electron chi connectivity index (χ4n) is 4.06. The van der Waals surface area contributed by atoms with Gasteiger partial charge in [0.05, 0.1) is 28.9 Å². The molecule has 0 atom stereocenters. The highest BCUT2D eigenvalue weighted by Gasteiger charge is 2.39. The number of carbonyl (C=O) groups excluding carboxylic acids is 2. The van der Waals surface area contributed by atoms with Crippen LogP contribution in [0.4, 0.5) is 21.9 Å². The zero-order chi connectivity index (χ0) is 26.0. The molecule has 0 radical (unpaired) electrons. The Bertz CT molecular complexity index is 1450. The maximum Gasteiger partial charge on any atom is 0.328 e.